The first-order valence-electron chi connectivity index (χ1n) is 6.14. The van der Waals surface area contributed by atoms with Crippen LogP contribution in [0.25, 0.3) is 0 Å². The lowest BCUT2D eigenvalue weighted by Gasteiger charge is -2.14. The number of hydrogen-bond acceptors (Lipinski definition) is 3. The zero-order valence-corrected chi connectivity index (χ0v) is 12.1. The third-order valence-corrected chi connectivity index (χ3v) is 3.39. The van der Waals surface area contributed by atoms with Crippen molar-refractivity contribution in [1.29, 1.82) is 0 Å². The summed E-state index contributed by atoms with van der Waals surface area (Å²) in [4.78, 5) is 4.20. The largest absolute Gasteiger partial charge is 0.485 e. The summed E-state index contributed by atoms with van der Waals surface area (Å²) < 4.78 is 7.60. The van der Waals surface area contributed by atoms with E-state index in [1.54, 1.807) is 10.8 Å². The fraction of sp³-hybridized carbons (Fsp3) is 0.357. The Bertz CT molecular complexity index is 578. The van der Waals surface area contributed by atoms with Gasteiger partial charge in [-0.15, -0.1) is 0 Å². The molecule has 2 aromatic rings. The first kappa shape index (κ1) is 13.9. The molecule has 0 aliphatic carbocycles. The Balaban J connectivity index is 2.17. The predicted molar refractivity (Wildman–Crippen MR) is 76.3 cm³/mol. The number of nitrogens with zero attached hydrogens (tertiary/aromatic N) is 2. The second-order valence-corrected chi connectivity index (χ2v) is 5.06. The Morgan fingerprint density at radius 1 is 1.47 bits per heavy atom. The molecule has 4 nitrogen and oxygen atoms in total. The van der Waals surface area contributed by atoms with E-state index in [4.69, 9.17) is 22.1 Å². The van der Waals surface area contributed by atoms with Crippen molar-refractivity contribution in [1.82, 2.24) is 9.55 Å². The van der Waals surface area contributed by atoms with Gasteiger partial charge in [0.2, 0.25) is 0 Å². The van der Waals surface area contributed by atoms with Gasteiger partial charge in [0.25, 0.3) is 0 Å². The molecule has 1 unspecified atom stereocenters. The number of hydrogen-bond donors (Lipinski definition) is 1. The number of aromatic nitrogens is 2. The highest BCUT2D eigenvalue weighted by molar-refractivity contribution is 6.29. The van der Waals surface area contributed by atoms with Crippen LogP contribution in [-0.2, 0) is 13.7 Å². The molecule has 1 atom stereocenters. The standard InChI is InChI=1S/C14H18ClN3O/c1-9-4-5-12(11(6-9)10(2)16)19-8-14-17-7-13(15)18(14)3/h4-7,10H,8,16H2,1-3H3. The molecule has 0 aliphatic heterocycles. The topological polar surface area (TPSA) is 53.1 Å². The van der Waals surface area contributed by atoms with Crippen LogP contribution >= 0.6 is 11.6 Å². The number of rotatable bonds is 4. The van der Waals surface area contributed by atoms with Gasteiger partial charge in [-0.25, -0.2) is 4.98 Å². The molecule has 0 spiro atoms. The van der Waals surface area contributed by atoms with Crippen molar-refractivity contribution in [2.45, 2.75) is 26.5 Å². The Kier molecular flexibility index (Phi) is 4.12. The maximum absolute atomic E-state index is 5.96. The van der Waals surface area contributed by atoms with Crippen molar-refractivity contribution in [2.75, 3.05) is 0 Å². The molecule has 1 aromatic heterocycles. The van der Waals surface area contributed by atoms with Crippen molar-refractivity contribution < 1.29 is 4.74 Å². The van der Waals surface area contributed by atoms with Gasteiger partial charge in [-0.05, 0) is 19.9 Å². The average Bonchev–Trinajstić information content (AvgIpc) is 2.68. The molecule has 5 heteroatoms. The molecule has 0 saturated heterocycles. The molecule has 0 bridgehead atoms. The highest BCUT2D eigenvalue weighted by atomic mass is 35.5. The van der Waals surface area contributed by atoms with Crippen LogP contribution in [0.1, 0.15) is 29.9 Å². The van der Waals surface area contributed by atoms with E-state index in [2.05, 4.69) is 4.98 Å². The van der Waals surface area contributed by atoms with E-state index < -0.39 is 0 Å². The number of nitrogens with two attached hydrogens (primary N) is 1. The lowest BCUT2D eigenvalue weighted by molar-refractivity contribution is 0.287. The van der Waals surface area contributed by atoms with Crippen LogP contribution < -0.4 is 10.5 Å². The SMILES string of the molecule is Cc1ccc(OCc2ncc(Cl)n2C)c(C(C)N)c1. The van der Waals surface area contributed by atoms with E-state index >= 15 is 0 Å². The molecule has 2 N–H and O–H groups in total. The fourth-order valence-corrected chi connectivity index (χ4v) is 2.00. The summed E-state index contributed by atoms with van der Waals surface area (Å²) in [6.07, 6.45) is 1.61. The molecule has 0 aliphatic rings. The molecule has 0 saturated carbocycles. The van der Waals surface area contributed by atoms with Crippen LogP contribution in [0.15, 0.2) is 24.4 Å². The minimum atomic E-state index is -0.0696. The number of benzene rings is 1. The highest BCUT2D eigenvalue weighted by Gasteiger charge is 2.10. The van der Waals surface area contributed by atoms with Crippen LogP contribution in [0.3, 0.4) is 0 Å². The monoisotopic (exact) mass is 279 g/mol. The molecule has 2 rings (SSSR count). The van der Waals surface area contributed by atoms with Crippen LogP contribution in [-0.4, -0.2) is 9.55 Å². The van der Waals surface area contributed by atoms with E-state index in [9.17, 15) is 0 Å². The Morgan fingerprint density at radius 2 is 2.21 bits per heavy atom. The molecule has 1 heterocycles. The number of ether oxygens (including phenoxy) is 1. The second-order valence-electron chi connectivity index (χ2n) is 4.67. The lowest BCUT2D eigenvalue weighted by Crippen LogP contribution is -2.10. The third kappa shape index (κ3) is 3.08. The van der Waals surface area contributed by atoms with E-state index in [1.807, 2.05) is 39.1 Å². The van der Waals surface area contributed by atoms with Crippen molar-refractivity contribution in [3.05, 3.63) is 46.5 Å². The van der Waals surface area contributed by atoms with Crippen molar-refractivity contribution >= 4 is 11.6 Å². The maximum atomic E-state index is 5.96. The highest BCUT2D eigenvalue weighted by Crippen LogP contribution is 2.25. The van der Waals surface area contributed by atoms with Gasteiger partial charge in [0.15, 0.2) is 0 Å². The quantitative estimate of drug-likeness (QED) is 0.936. The molecular weight excluding hydrogens is 262 g/mol. The maximum Gasteiger partial charge on any atom is 0.147 e. The van der Waals surface area contributed by atoms with Gasteiger partial charge >= 0.3 is 0 Å². The molecule has 102 valence electrons. The average molecular weight is 280 g/mol. The summed E-state index contributed by atoms with van der Waals surface area (Å²) >= 11 is 5.94. The van der Waals surface area contributed by atoms with Gasteiger partial charge in [-0.3, -0.25) is 0 Å². The minimum absolute atomic E-state index is 0.0696. The summed E-state index contributed by atoms with van der Waals surface area (Å²) in [6, 6.07) is 5.93. The van der Waals surface area contributed by atoms with Crippen molar-refractivity contribution in [3.63, 3.8) is 0 Å². The Hall–Kier alpha value is -1.52. The third-order valence-electron chi connectivity index (χ3n) is 3.04. The summed E-state index contributed by atoms with van der Waals surface area (Å²) in [5, 5.41) is 0.593. The normalized spacial score (nSPS) is 12.5. The zero-order valence-electron chi connectivity index (χ0n) is 11.4. The smallest absolute Gasteiger partial charge is 0.147 e. The molecule has 19 heavy (non-hydrogen) atoms. The van der Waals surface area contributed by atoms with Crippen LogP contribution in [0.4, 0.5) is 0 Å². The summed E-state index contributed by atoms with van der Waals surface area (Å²) in [5.41, 5.74) is 8.13. The van der Waals surface area contributed by atoms with Crippen molar-refractivity contribution in [2.24, 2.45) is 12.8 Å². The number of halogens is 1. The van der Waals surface area contributed by atoms with E-state index in [1.165, 1.54) is 5.56 Å². The van der Waals surface area contributed by atoms with Gasteiger partial charge in [0, 0.05) is 18.7 Å². The summed E-state index contributed by atoms with van der Waals surface area (Å²) in [5.74, 6) is 1.57. The fourth-order valence-electron chi connectivity index (χ4n) is 1.86. The van der Waals surface area contributed by atoms with E-state index in [0.717, 1.165) is 17.1 Å². The molecule has 1 aromatic carbocycles. The van der Waals surface area contributed by atoms with Crippen molar-refractivity contribution in [3.8, 4) is 5.75 Å². The molecule has 0 fully saturated rings. The van der Waals surface area contributed by atoms with Gasteiger partial charge in [0.1, 0.15) is 23.3 Å². The van der Waals surface area contributed by atoms with E-state index in [-0.39, 0.29) is 6.04 Å². The van der Waals surface area contributed by atoms with Crippen LogP contribution in [0.2, 0.25) is 5.15 Å². The van der Waals surface area contributed by atoms with Gasteiger partial charge in [-0.1, -0.05) is 29.3 Å². The number of imidazole rings is 1. The van der Waals surface area contributed by atoms with E-state index in [0.29, 0.717) is 11.8 Å². The van der Waals surface area contributed by atoms with Gasteiger partial charge in [0.05, 0.1) is 6.20 Å². The van der Waals surface area contributed by atoms with Crippen LogP contribution in [0, 0.1) is 6.92 Å². The molecule has 0 radical (unpaired) electrons. The minimum Gasteiger partial charge on any atom is -0.485 e. The van der Waals surface area contributed by atoms with Gasteiger partial charge < -0.3 is 15.0 Å². The first-order chi connectivity index (χ1) is 8.99. The molecule has 0 amide bonds. The first-order valence-corrected chi connectivity index (χ1v) is 6.52. The Morgan fingerprint density at radius 3 is 2.79 bits per heavy atom. The molecular formula is C14H18ClN3O. The number of aryl methyl sites for hydroxylation is 1. The second kappa shape index (κ2) is 5.63. The summed E-state index contributed by atoms with van der Waals surface area (Å²) in [6.45, 7) is 4.35. The zero-order chi connectivity index (χ0) is 14.0. The lowest BCUT2D eigenvalue weighted by atomic mass is 10.1. The van der Waals surface area contributed by atoms with Crippen LogP contribution in [0.5, 0.6) is 5.75 Å². The summed E-state index contributed by atoms with van der Waals surface area (Å²) in [7, 11) is 1.86. The predicted octanol–water partition coefficient (Wildman–Crippen LogP) is 2.98. The Labute approximate surface area is 118 Å². The van der Waals surface area contributed by atoms with Gasteiger partial charge in [-0.2, -0.15) is 0 Å².